The molecule has 0 aromatic heterocycles. The Labute approximate surface area is 141 Å². The van der Waals surface area contributed by atoms with Gasteiger partial charge < -0.3 is 4.74 Å². The van der Waals surface area contributed by atoms with E-state index >= 15 is 0 Å². The second-order valence-corrected chi connectivity index (χ2v) is 4.92. The third kappa shape index (κ3) is 4.25. The number of ether oxygens (including phenoxy) is 1. The van der Waals surface area contributed by atoms with Crippen LogP contribution in [-0.2, 0) is 9.53 Å². The maximum absolute atomic E-state index is 13.2. The van der Waals surface area contributed by atoms with E-state index in [0.717, 1.165) is 0 Å². The second kappa shape index (κ2) is 7.37. The van der Waals surface area contributed by atoms with Gasteiger partial charge in [0.2, 0.25) is 0 Å². The molecule has 0 fully saturated rings. The third-order valence-corrected chi connectivity index (χ3v) is 2.83. The van der Waals surface area contributed by atoms with Gasteiger partial charge in [-0.05, 0) is 12.5 Å². The number of carbonyl (C=O) groups excluding carboxylic acids is 1. The lowest BCUT2D eigenvalue weighted by Crippen LogP contribution is -2.69. The zero-order chi connectivity index (χ0) is 22.1. The zero-order valence-corrected chi connectivity index (χ0v) is 12.8. The van der Waals surface area contributed by atoms with Gasteiger partial charge in [0.05, 0.1) is 6.61 Å². The van der Waals surface area contributed by atoms with Gasteiger partial charge in [0, 0.05) is 6.08 Å². The highest BCUT2D eigenvalue weighted by molar-refractivity contribution is 5.82. The lowest BCUT2D eigenvalue weighted by Gasteiger charge is -2.39. The number of hydrogen-bond acceptors (Lipinski definition) is 2. The van der Waals surface area contributed by atoms with E-state index in [0.29, 0.717) is 0 Å². The summed E-state index contributed by atoms with van der Waals surface area (Å²) >= 11 is 0. The number of alkyl halides is 13. The van der Waals surface area contributed by atoms with Crippen molar-refractivity contribution < 1.29 is 66.6 Å². The molecule has 15 heteroatoms. The van der Waals surface area contributed by atoms with Crippen LogP contribution < -0.4 is 0 Å². The third-order valence-electron chi connectivity index (χ3n) is 2.83. The van der Waals surface area contributed by atoms with Crippen molar-refractivity contribution in [2.24, 2.45) is 0 Å². The molecule has 0 heterocycles. The molecule has 0 atom stereocenters. The van der Waals surface area contributed by atoms with Crippen molar-refractivity contribution in [3.8, 4) is 0 Å². The van der Waals surface area contributed by atoms with Crippen molar-refractivity contribution in [1.82, 2.24) is 0 Å². The van der Waals surface area contributed by atoms with Crippen LogP contribution >= 0.6 is 0 Å². The van der Waals surface area contributed by atoms with Gasteiger partial charge in [0.15, 0.2) is 0 Å². The average Bonchev–Trinajstić information content (AvgIpc) is 2.49. The molecule has 0 amide bonds. The smallest absolute Gasteiger partial charge is 0.460 e. The van der Waals surface area contributed by atoms with Gasteiger partial charge >= 0.3 is 41.8 Å². The first-order chi connectivity index (χ1) is 11.7. The van der Waals surface area contributed by atoms with E-state index in [9.17, 15) is 61.9 Å². The minimum Gasteiger partial charge on any atom is -0.463 e. The molecule has 0 bridgehead atoms. The number of carbonyl (C=O) groups is 1. The fourth-order valence-corrected chi connectivity index (χ4v) is 1.31. The summed E-state index contributed by atoms with van der Waals surface area (Å²) in [6, 6.07) is 0. The van der Waals surface area contributed by atoms with Crippen LogP contribution in [0.1, 0.15) is 13.3 Å². The molecule has 0 aromatic rings. The molecule has 0 aromatic carbocycles. The van der Waals surface area contributed by atoms with E-state index in [1.54, 1.807) is 0 Å². The molecule has 0 saturated carbocycles. The van der Waals surface area contributed by atoms with Crippen LogP contribution in [0.2, 0.25) is 0 Å². The molecule has 0 N–H and O–H groups in total. The predicted molar refractivity (Wildman–Crippen MR) is 61.2 cm³/mol. The molecule has 0 radical (unpaired) electrons. The minimum atomic E-state index is -7.97. The lowest BCUT2D eigenvalue weighted by molar-refractivity contribution is -0.436. The summed E-state index contributed by atoms with van der Waals surface area (Å²) in [5, 5.41) is 0. The van der Waals surface area contributed by atoms with E-state index in [1.165, 1.54) is 6.92 Å². The minimum absolute atomic E-state index is 0.100. The summed E-state index contributed by atoms with van der Waals surface area (Å²) in [6.07, 6.45) is -9.34. The Hall–Kier alpha value is -1.70. The highest BCUT2D eigenvalue weighted by atomic mass is 19.4. The van der Waals surface area contributed by atoms with Crippen molar-refractivity contribution in [3.05, 3.63) is 12.2 Å². The van der Waals surface area contributed by atoms with Crippen LogP contribution in [-0.4, -0.2) is 48.4 Å². The number of allylic oxidation sites excluding steroid dienone is 1. The Bertz CT molecular complexity index is 562. The van der Waals surface area contributed by atoms with Crippen molar-refractivity contribution in [2.45, 2.75) is 49.1 Å². The first-order valence-electron chi connectivity index (χ1n) is 6.52. The van der Waals surface area contributed by atoms with Crippen LogP contribution in [0.3, 0.4) is 0 Å². The van der Waals surface area contributed by atoms with E-state index < -0.39 is 60.5 Å². The van der Waals surface area contributed by atoms with Crippen LogP contribution in [0.4, 0.5) is 57.1 Å². The van der Waals surface area contributed by atoms with Gasteiger partial charge in [-0.15, -0.1) is 0 Å². The largest absolute Gasteiger partial charge is 0.463 e. The first-order valence-corrected chi connectivity index (χ1v) is 6.52. The van der Waals surface area contributed by atoms with E-state index in [1.807, 2.05) is 0 Å². The predicted octanol–water partition coefficient (Wildman–Crippen LogP) is 5.23. The summed E-state index contributed by atoms with van der Waals surface area (Å²) in [6.45, 7) is 0.945. The van der Waals surface area contributed by atoms with Crippen molar-refractivity contribution in [3.63, 3.8) is 0 Å². The topological polar surface area (TPSA) is 26.3 Å². The van der Waals surface area contributed by atoms with Gasteiger partial charge in [0.1, 0.15) is 0 Å². The molecule has 0 saturated heterocycles. The fourth-order valence-electron chi connectivity index (χ4n) is 1.31. The average molecular weight is 432 g/mol. The first kappa shape index (κ1) is 25.3. The molecule has 0 unspecified atom stereocenters. The molecule has 27 heavy (non-hydrogen) atoms. The number of esters is 1. The fraction of sp³-hybridized carbons (Fsp3) is 0.750. The lowest BCUT2D eigenvalue weighted by atomic mass is 9.94. The van der Waals surface area contributed by atoms with Gasteiger partial charge in [-0.3, -0.25) is 0 Å². The molecular weight excluding hydrogens is 423 g/mol. The van der Waals surface area contributed by atoms with Crippen molar-refractivity contribution >= 4 is 5.97 Å². The summed E-state index contributed by atoms with van der Waals surface area (Å²) in [5.41, 5.74) is 0. The summed E-state index contributed by atoms with van der Waals surface area (Å²) in [7, 11) is 0. The molecule has 0 aliphatic rings. The van der Waals surface area contributed by atoms with E-state index in [-0.39, 0.29) is 6.42 Å². The molecule has 0 spiro atoms. The highest BCUT2D eigenvalue weighted by Crippen LogP contribution is 2.60. The Morgan fingerprint density at radius 3 is 1.52 bits per heavy atom. The summed E-state index contributed by atoms with van der Waals surface area (Å²) in [4.78, 5) is 10.8. The van der Waals surface area contributed by atoms with Crippen molar-refractivity contribution in [1.29, 1.82) is 0 Å². The quantitative estimate of drug-likeness (QED) is 0.298. The molecule has 2 nitrogen and oxygen atoms in total. The Morgan fingerprint density at radius 1 is 0.741 bits per heavy atom. The molecule has 0 aliphatic carbocycles. The van der Waals surface area contributed by atoms with E-state index in [2.05, 4.69) is 4.74 Å². The Morgan fingerprint density at radius 2 is 1.15 bits per heavy atom. The number of halogens is 13. The Balaban J connectivity index is 6.01. The van der Waals surface area contributed by atoms with Crippen LogP contribution in [0.5, 0.6) is 0 Å². The summed E-state index contributed by atoms with van der Waals surface area (Å²) < 4.78 is 170. The summed E-state index contributed by atoms with van der Waals surface area (Å²) in [5.74, 6) is -39.4. The number of rotatable bonds is 8. The van der Waals surface area contributed by atoms with Gasteiger partial charge in [-0.25, -0.2) is 4.79 Å². The monoisotopic (exact) mass is 432 g/mol. The maximum atomic E-state index is 13.2. The molecule has 160 valence electrons. The van der Waals surface area contributed by atoms with Crippen molar-refractivity contribution in [2.75, 3.05) is 6.61 Å². The molecular formula is C12H9F13O2. The number of hydrogen-bond donors (Lipinski definition) is 0. The standard InChI is InChI=1S/C12H9F13O2/c1-2-5-27-6(26)3-4-7(13,14)8(15,16)9(17,18)10(19,20)11(21,22)12(23,24)25/h3-4H,2,5H2,1H3. The van der Waals surface area contributed by atoms with Crippen LogP contribution in [0.15, 0.2) is 12.2 Å². The molecule has 0 rings (SSSR count). The zero-order valence-electron chi connectivity index (χ0n) is 12.8. The normalized spacial score (nSPS) is 15.3. The van der Waals surface area contributed by atoms with E-state index in [4.69, 9.17) is 0 Å². The second-order valence-electron chi connectivity index (χ2n) is 4.92. The highest BCUT2D eigenvalue weighted by Gasteiger charge is 2.90. The van der Waals surface area contributed by atoms with Crippen LogP contribution in [0.25, 0.3) is 0 Å². The SMILES string of the molecule is CCCOC(=O)C=CC(F)(F)C(F)(F)C(F)(F)C(F)(F)C(F)(F)C(F)(F)F. The Kier molecular flexibility index (Phi) is 6.91. The van der Waals surface area contributed by atoms with Crippen LogP contribution in [0, 0.1) is 0 Å². The maximum Gasteiger partial charge on any atom is 0.460 e. The van der Waals surface area contributed by atoms with Gasteiger partial charge in [0.25, 0.3) is 0 Å². The van der Waals surface area contributed by atoms with Gasteiger partial charge in [-0.2, -0.15) is 57.1 Å². The molecule has 0 aliphatic heterocycles. The van der Waals surface area contributed by atoms with Gasteiger partial charge in [-0.1, -0.05) is 6.92 Å².